The SMILES string of the molecule is COC(O)N1CCCC(C(C)C)CC1. The Morgan fingerprint density at radius 3 is 2.57 bits per heavy atom. The molecule has 0 saturated carbocycles. The van der Waals surface area contributed by atoms with Gasteiger partial charge >= 0.3 is 0 Å². The highest BCUT2D eigenvalue weighted by Crippen LogP contribution is 2.24. The molecule has 0 aromatic heterocycles. The lowest BCUT2D eigenvalue weighted by atomic mass is 9.89. The van der Waals surface area contributed by atoms with E-state index in [-0.39, 0.29) is 0 Å². The van der Waals surface area contributed by atoms with Crippen molar-refractivity contribution in [1.82, 2.24) is 4.90 Å². The Hall–Kier alpha value is -0.120. The monoisotopic (exact) mass is 201 g/mol. The quantitative estimate of drug-likeness (QED) is 0.705. The number of methoxy groups -OCH3 is 1. The minimum Gasteiger partial charge on any atom is -0.356 e. The van der Waals surface area contributed by atoms with Gasteiger partial charge in [-0.3, -0.25) is 4.90 Å². The fourth-order valence-electron chi connectivity index (χ4n) is 2.18. The van der Waals surface area contributed by atoms with Crippen LogP contribution >= 0.6 is 0 Å². The van der Waals surface area contributed by atoms with Gasteiger partial charge in [-0.25, -0.2) is 0 Å². The molecule has 1 N–H and O–H groups in total. The zero-order valence-electron chi connectivity index (χ0n) is 9.57. The molecule has 0 bridgehead atoms. The van der Waals surface area contributed by atoms with E-state index < -0.39 is 6.41 Å². The van der Waals surface area contributed by atoms with Crippen LogP contribution in [-0.4, -0.2) is 36.6 Å². The van der Waals surface area contributed by atoms with E-state index in [0.717, 1.165) is 24.9 Å². The van der Waals surface area contributed by atoms with E-state index in [4.69, 9.17) is 4.74 Å². The van der Waals surface area contributed by atoms with Crippen LogP contribution in [0, 0.1) is 11.8 Å². The highest BCUT2D eigenvalue weighted by molar-refractivity contribution is 4.71. The van der Waals surface area contributed by atoms with E-state index in [1.807, 2.05) is 4.90 Å². The number of aliphatic hydroxyl groups is 1. The first kappa shape index (κ1) is 12.0. The molecule has 0 amide bonds. The van der Waals surface area contributed by atoms with Gasteiger partial charge in [-0.05, 0) is 31.1 Å². The maximum Gasteiger partial charge on any atom is 0.215 e. The molecule has 0 aromatic rings. The van der Waals surface area contributed by atoms with E-state index in [2.05, 4.69) is 13.8 Å². The molecule has 1 aliphatic heterocycles. The highest BCUT2D eigenvalue weighted by atomic mass is 16.6. The average Bonchev–Trinajstić information content (AvgIpc) is 2.41. The number of aliphatic hydroxyl groups excluding tert-OH is 1. The molecule has 2 unspecified atom stereocenters. The second-order valence-electron chi connectivity index (χ2n) is 4.53. The third-order valence-corrected chi connectivity index (χ3v) is 3.27. The van der Waals surface area contributed by atoms with E-state index >= 15 is 0 Å². The van der Waals surface area contributed by atoms with Crippen molar-refractivity contribution in [1.29, 1.82) is 0 Å². The largest absolute Gasteiger partial charge is 0.356 e. The van der Waals surface area contributed by atoms with E-state index in [0.29, 0.717) is 0 Å². The van der Waals surface area contributed by atoms with Crippen molar-refractivity contribution in [2.24, 2.45) is 11.8 Å². The summed E-state index contributed by atoms with van der Waals surface area (Å²) < 4.78 is 4.92. The van der Waals surface area contributed by atoms with Crippen molar-refractivity contribution in [2.45, 2.75) is 39.5 Å². The number of likely N-dealkylation sites (tertiary alicyclic amines) is 1. The topological polar surface area (TPSA) is 32.7 Å². The van der Waals surface area contributed by atoms with Crippen LogP contribution in [0.3, 0.4) is 0 Å². The molecule has 84 valence electrons. The molecule has 14 heavy (non-hydrogen) atoms. The Kier molecular flexibility index (Phi) is 4.85. The predicted octanol–water partition coefficient (Wildman–Crippen LogP) is 1.67. The van der Waals surface area contributed by atoms with Crippen LogP contribution in [0.15, 0.2) is 0 Å². The third-order valence-electron chi connectivity index (χ3n) is 3.27. The molecule has 1 saturated heterocycles. The molecule has 3 nitrogen and oxygen atoms in total. The normalized spacial score (nSPS) is 27.6. The first-order valence-corrected chi connectivity index (χ1v) is 5.60. The van der Waals surface area contributed by atoms with Crippen LogP contribution < -0.4 is 0 Å². The van der Waals surface area contributed by atoms with Crippen molar-refractivity contribution in [2.75, 3.05) is 20.2 Å². The number of hydrogen-bond donors (Lipinski definition) is 1. The number of nitrogens with zero attached hydrogens (tertiary/aromatic N) is 1. The van der Waals surface area contributed by atoms with Crippen molar-refractivity contribution in [3.8, 4) is 0 Å². The molecule has 0 radical (unpaired) electrons. The molecule has 0 aliphatic carbocycles. The van der Waals surface area contributed by atoms with E-state index in [1.165, 1.54) is 19.3 Å². The highest BCUT2D eigenvalue weighted by Gasteiger charge is 2.22. The standard InChI is InChI=1S/C11H23NO2/c1-9(2)10-5-4-7-12(8-6-10)11(13)14-3/h9-11,13H,4-8H2,1-3H3. The van der Waals surface area contributed by atoms with Crippen molar-refractivity contribution >= 4 is 0 Å². The first-order valence-electron chi connectivity index (χ1n) is 5.60. The molecule has 1 aliphatic rings. The summed E-state index contributed by atoms with van der Waals surface area (Å²) in [5, 5.41) is 9.54. The van der Waals surface area contributed by atoms with Crippen molar-refractivity contribution in [3.05, 3.63) is 0 Å². The van der Waals surface area contributed by atoms with Gasteiger partial charge in [-0.1, -0.05) is 13.8 Å². The lowest BCUT2D eigenvalue weighted by Crippen LogP contribution is -2.37. The molecular weight excluding hydrogens is 178 g/mol. The van der Waals surface area contributed by atoms with Crippen LogP contribution in [0.2, 0.25) is 0 Å². The minimum atomic E-state index is -0.707. The summed E-state index contributed by atoms with van der Waals surface area (Å²) in [5.74, 6) is 1.57. The summed E-state index contributed by atoms with van der Waals surface area (Å²) in [6, 6.07) is 0. The van der Waals surface area contributed by atoms with Crippen LogP contribution in [-0.2, 0) is 4.74 Å². The molecule has 0 aromatic carbocycles. The molecular formula is C11H23NO2. The summed E-state index contributed by atoms with van der Waals surface area (Å²) in [7, 11) is 1.55. The zero-order valence-corrected chi connectivity index (χ0v) is 9.57. The van der Waals surface area contributed by atoms with Gasteiger partial charge in [0.2, 0.25) is 6.41 Å². The van der Waals surface area contributed by atoms with Crippen LogP contribution in [0.5, 0.6) is 0 Å². The van der Waals surface area contributed by atoms with Gasteiger partial charge in [0.15, 0.2) is 0 Å². The van der Waals surface area contributed by atoms with Gasteiger partial charge in [-0.15, -0.1) is 0 Å². The summed E-state index contributed by atoms with van der Waals surface area (Å²) in [4.78, 5) is 2.02. The Morgan fingerprint density at radius 1 is 1.29 bits per heavy atom. The zero-order chi connectivity index (χ0) is 10.6. The molecule has 2 atom stereocenters. The predicted molar refractivity (Wildman–Crippen MR) is 56.8 cm³/mol. The fourth-order valence-corrected chi connectivity index (χ4v) is 2.18. The number of rotatable bonds is 3. The Balaban J connectivity index is 2.40. The average molecular weight is 201 g/mol. The van der Waals surface area contributed by atoms with Gasteiger partial charge < -0.3 is 9.84 Å². The third kappa shape index (κ3) is 3.23. The van der Waals surface area contributed by atoms with Crippen LogP contribution in [0.1, 0.15) is 33.1 Å². The number of ether oxygens (including phenoxy) is 1. The van der Waals surface area contributed by atoms with Crippen molar-refractivity contribution in [3.63, 3.8) is 0 Å². The van der Waals surface area contributed by atoms with Crippen molar-refractivity contribution < 1.29 is 9.84 Å². The number of hydrogen-bond acceptors (Lipinski definition) is 3. The van der Waals surface area contributed by atoms with Gasteiger partial charge in [0.25, 0.3) is 0 Å². The van der Waals surface area contributed by atoms with Crippen LogP contribution in [0.25, 0.3) is 0 Å². The van der Waals surface area contributed by atoms with Crippen LogP contribution in [0.4, 0.5) is 0 Å². The summed E-state index contributed by atoms with van der Waals surface area (Å²) >= 11 is 0. The smallest absolute Gasteiger partial charge is 0.215 e. The maximum absolute atomic E-state index is 9.54. The lowest BCUT2D eigenvalue weighted by Gasteiger charge is -2.24. The summed E-state index contributed by atoms with van der Waals surface area (Å²) in [6.07, 6.45) is 2.92. The Morgan fingerprint density at radius 2 is 2.00 bits per heavy atom. The second kappa shape index (κ2) is 5.69. The van der Waals surface area contributed by atoms with Gasteiger partial charge in [-0.2, -0.15) is 0 Å². The Labute approximate surface area is 87.1 Å². The maximum atomic E-state index is 9.54. The molecule has 0 spiro atoms. The van der Waals surface area contributed by atoms with E-state index in [1.54, 1.807) is 7.11 Å². The second-order valence-corrected chi connectivity index (χ2v) is 4.53. The van der Waals surface area contributed by atoms with Gasteiger partial charge in [0, 0.05) is 20.2 Å². The van der Waals surface area contributed by atoms with E-state index in [9.17, 15) is 5.11 Å². The van der Waals surface area contributed by atoms with Gasteiger partial charge in [0.05, 0.1) is 0 Å². The lowest BCUT2D eigenvalue weighted by molar-refractivity contribution is -0.175. The van der Waals surface area contributed by atoms with Gasteiger partial charge in [0.1, 0.15) is 0 Å². The first-order chi connectivity index (χ1) is 6.65. The molecule has 1 fully saturated rings. The fraction of sp³-hybridized carbons (Fsp3) is 1.00. The molecule has 1 rings (SSSR count). The molecule has 3 heteroatoms. The minimum absolute atomic E-state index is 0.707. The summed E-state index contributed by atoms with van der Waals surface area (Å²) in [5.41, 5.74) is 0. The molecule has 1 heterocycles. The Bertz CT molecular complexity index is 161. The summed E-state index contributed by atoms with van der Waals surface area (Å²) in [6.45, 7) is 6.48.